The van der Waals surface area contributed by atoms with E-state index in [4.69, 9.17) is 4.74 Å². The van der Waals surface area contributed by atoms with Gasteiger partial charge in [-0.2, -0.15) is 0 Å². The van der Waals surface area contributed by atoms with E-state index < -0.39 is 11.4 Å². The normalized spacial score (nSPS) is 33.6. The van der Waals surface area contributed by atoms with Crippen molar-refractivity contribution in [3.63, 3.8) is 0 Å². The third-order valence-corrected chi connectivity index (χ3v) is 4.28. The monoisotopic (exact) mass is 227 g/mol. The fraction of sp³-hybridized carbons (Fsp3) is 0.917. The molecule has 2 aliphatic rings. The molecule has 0 aromatic carbocycles. The molecule has 0 radical (unpaired) electrons. The highest BCUT2D eigenvalue weighted by Crippen LogP contribution is 2.65. The van der Waals surface area contributed by atoms with E-state index in [1.165, 1.54) is 0 Å². The van der Waals surface area contributed by atoms with Crippen LogP contribution in [0.3, 0.4) is 0 Å². The van der Waals surface area contributed by atoms with Crippen LogP contribution in [0.15, 0.2) is 0 Å². The standard InChI is InChI=1S/C12H21NO3/c1-11(2)9-12(11,10(14)15)3-4-13-5-7-16-8-6-13/h3-9H2,1-2H3,(H,14,15). The summed E-state index contributed by atoms with van der Waals surface area (Å²) in [6.45, 7) is 8.44. The second-order valence-corrected chi connectivity index (χ2v) is 5.65. The Morgan fingerprint density at radius 1 is 1.38 bits per heavy atom. The van der Waals surface area contributed by atoms with Gasteiger partial charge in [0, 0.05) is 13.1 Å². The van der Waals surface area contributed by atoms with Crippen LogP contribution in [0, 0.1) is 10.8 Å². The molecule has 0 aromatic heterocycles. The largest absolute Gasteiger partial charge is 0.481 e. The Labute approximate surface area is 96.6 Å². The molecule has 1 atom stereocenters. The average molecular weight is 227 g/mol. The van der Waals surface area contributed by atoms with E-state index in [0.717, 1.165) is 45.7 Å². The Morgan fingerprint density at radius 3 is 2.38 bits per heavy atom. The van der Waals surface area contributed by atoms with Crippen molar-refractivity contribution in [2.45, 2.75) is 26.7 Å². The van der Waals surface area contributed by atoms with Crippen molar-refractivity contribution in [1.82, 2.24) is 4.90 Å². The molecule has 92 valence electrons. The van der Waals surface area contributed by atoms with E-state index in [1.54, 1.807) is 0 Å². The van der Waals surface area contributed by atoms with E-state index in [-0.39, 0.29) is 5.41 Å². The van der Waals surface area contributed by atoms with Crippen LogP contribution in [-0.4, -0.2) is 48.8 Å². The fourth-order valence-corrected chi connectivity index (χ4v) is 2.78. The lowest BCUT2D eigenvalue weighted by Crippen LogP contribution is -2.38. The molecule has 1 saturated carbocycles. The van der Waals surface area contributed by atoms with Crippen molar-refractivity contribution in [2.24, 2.45) is 10.8 Å². The number of carboxylic acid groups (broad SMARTS) is 1. The smallest absolute Gasteiger partial charge is 0.310 e. The first kappa shape index (κ1) is 11.9. The minimum atomic E-state index is -0.620. The van der Waals surface area contributed by atoms with Crippen LogP contribution in [0.2, 0.25) is 0 Å². The summed E-state index contributed by atoms with van der Waals surface area (Å²) in [6, 6.07) is 0. The minimum absolute atomic E-state index is 0.0227. The number of carbonyl (C=O) groups is 1. The van der Waals surface area contributed by atoms with E-state index in [2.05, 4.69) is 18.7 Å². The number of morpholine rings is 1. The van der Waals surface area contributed by atoms with Gasteiger partial charge in [0.15, 0.2) is 0 Å². The summed E-state index contributed by atoms with van der Waals surface area (Å²) in [7, 11) is 0. The summed E-state index contributed by atoms with van der Waals surface area (Å²) >= 11 is 0. The van der Waals surface area contributed by atoms with Gasteiger partial charge in [0.2, 0.25) is 0 Å². The van der Waals surface area contributed by atoms with Crippen LogP contribution in [0.4, 0.5) is 0 Å². The number of ether oxygens (including phenoxy) is 1. The van der Waals surface area contributed by atoms with Crippen LogP contribution >= 0.6 is 0 Å². The SMILES string of the molecule is CC1(C)CC1(CCN1CCOCC1)C(=O)O. The van der Waals surface area contributed by atoms with E-state index in [0.29, 0.717) is 0 Å². The first-order chi connectivity index (χ1) is 7.48. The third kappa shape index (κ3) is 1.96. The van der Waals surface area contributed by atoms with Gasteiger partial charge in [-0.05, 0) is 24.8 Å². The summed E-state index contributed by atoms with van der Waals surface area (Å²) in [6.07, 6.45) is 1.59. The Bertz CT molecular complexity index is 284. The predicted octanol–water partition coefficient (Wildman–Crippen LogP) is 1.21. The van der Waals surface area contributed by atoms with Gasteiger partial charge in [0.25, 0.3) is 0 Å². The van der Waals surface area contributed by atoms with Gasteiger partial charge in [-0.25, -0.2) is 0 Å². The number of rotatable bonds is 4. The van der Waals surface area contributed by atoms with Crippen LogP contribution in [-0.2, 0) is 9.53 Å². The molecule has 1 aliphatic heterocycles. The minimum Gasteiger partial charge on any atom is -0.481 e. The average Bonchev–Trinajstić information content (AvgIpc) is 2.81. The molecule has 2 rings (SSSR count). The zero-order valence-corrected chi connectivity index (χ0v) is 10.2. The second-order valence-electron chi connectivity index (χ2n) is 5.65. The summed E-state index contributed by atoms with van der Waals surface area (Å²) in [5.41, 5.74) is -0.490. The second kappa shape index (κ2) is 4.00. The number of aliphatic carboxylic acids is 1. The van der Waals surface area contributed by atoms with Crippen molar-refractivity contribution >= 4 is 5.97 Å². The molecule has 1 aliphatic carbocycles. The van der Waals surface area contributed by atoms with Crippen molar-refractivity contribution in [1.29, 1.82) is 0 Å². The molecule has 1 N–H and O–H groups in total. The van der Waals surface area contributed by atoms with Gasteiger partial charge in [-0.3, -0.25) is 9.69 Å². The zero-order chi connectivity index (χ0) is 11.8. The van der Waals surface area contributed by atoms with E-state index in [9.17, 15) is 9.90 Å². The lowest BCUT2D eigenvalue weighted by atomic mass is 9.92. The van der Waals surface area contributed by atoms with E-state index in [1.807, 2.05) is 0 Å². The van der Waals surface area contributed by atoms with Crippen molar-refractivity contribution in [2.75, 3.05) is 32.8 Å². The molecule has 0 amide bonds. The lowest BCUT2D eigenvalue weighted by Gasteiger charge is -2.28. The maximum atomic E-state index is 11.3. The van der Waals surface area contributed by atoms with Crippen LogP contribution in [0.5, 0.6) is 0 Å². The molecular formula is C12H21NO3. The number of carboxylic acids is 1. The van der Waals surface area contributed by atoms with Gasteiger partial charge in [-0.15, -0.1) is 0 Å². The molecule has 16 heavy (non-hydrogen) atoms. The Hall–Kier alpha value is -0.610. The van der Waals surface area contributed by atoms with Crippen LogP contribution in [0.25, 0.3) is 0 Å². The summed E-state index contributed by atoms with van der Waals surface area (Å²) < 4.78 is 5.28. The maximum absolute atomic E-state index is 11.3. The molecule has 1 unspecified atom stereocenters. The first-order valence-electron chi connectivity index (χ1n) is 6.01. The lowest BCUT2D eigenvalue weighted by molar-refractivity contribution is -0.145. The number of hydrogen-bond acceptors (Lipinski definition) is 3. The summed E-state index contributed by atoms with van der Waals surface area (Å²) in [5.74, 6) is -0.620. The predicted molar refractivity (Wildman–Crippen MR) is 60.3 cm³/mol. The van der Waals surface area contributed by atoms with Gasteiger partial charge >= 0.3 is 5.97 Å². The van der Waals surface area contributed by atoms with Crippen molar-refractivity contribution < 1.29 is 14.6 Å². The van der Waals surface area contributed by atoms with Crippen LogP contribution in [0.1, 0.15) is 26.7 Å². The van der Waals surface area contributed by atoms with Gasteiger partial charge in [-0.1, -0.05) is 13.8 Å². The molecule has 2 fully saturated rings. The van der Waals surface area contributed by atoms with Gasteiger partial charge in [0.1, 0.15) is 0 Å². The Kier molecular flexibility index (Phi) is 2.97. The van der Waals surface area contributed by atoms with Crippen LogP contribution < -0.4 is 0 Å². The highest BCUT2D eigenvalue weighted by atomic mass is 16.5. The molecule has 0 spiro atoms. The molecule has 1 saturated heterocycles. The van der Waals surface area contributed by atoms with Crippen molar-refractivity contribution in [3.8, 4) is 0 Å². The third-order valence-electron chi connectivity index (χ3n) is 4.28. The Balaban J connectivity index is 1.86. The zero-order valence-electron chi connectivity index (χ0n) is 10.2. The summed E-state index contributed by atoms with van der Waals surface area (Å²) in [4.78, 5) is 13.6. The first-order valence-corrected chi connectivity index (χ1v) is 6.01. The van der Waals surface area contributed by atoms with Gasteiger partial charge < -0.3 is 9.84 Å². The quantitative estimate of drug-likeness (QED) is 0.784. The molecule has 4 heteroatoms. The molecule has 0 aromatic rings. The maximum Gasteiger partial charge on any atom is 0.310 e. The number of hydrogen-bond donors (Lipinski definition) is 1. The Morgan fingerprint density at radius 2 is 1.94 bits per heavy atom. The molecule has 0 bridgehead atoms. The molecule has 4 nitrogen and oxygen atoms in total. The summed E-state index contributed by atoms with van der Waals surface area (Å²) in [5, 5.41) is 9.33. The van der Waals surface area contributed by atoms with E-state index >= 15 is 0 Å². The van der Waals surface area contributed by atoms with Crippen molar-refractivity contribution in [3.05, 3.63) is 0 Å². The highest BCUT2D eigenvalue weighted by Gasteiger charge is 2.66. The topological polar surface area (TPSA) is 49.8 Å². The molecule has 1 heterocycles. The fourth-order valence-electron chi connectivity index (χ4n) is 2.78. The number of nitrogens with zero attached hydrogens (tertiary/aromatic N) is 1. The highest BCUT2D eigenvalue weighted by molar-refractivity contribution is 5.79. The molecular weight excluding hydrogens is 206 g/mol. The van der Waals surface area contributed by atoms with Gasteiger partial charge in [0.05, 0.1) is 18.6 Å².